The van der Waals surface area contributed by atoms with Crippen molar-refractivity contribution in [3.8, 4) is 0 Å². The Bertz CT molecular complexity index is 157. The monoisotopic (exact) mass is 162 g/mol. The van der Waals surface area contributed by atoms with E-state index in [1.807, 2.05) is 0 Å². The van der Waals surface area contributed by atoms with E-state index in [1.165, 1.54) is 7.11 Å². The van der Waals surface area contributed by atoms with Crippen molar-refractivity contribution in [2.75, 3.05) is 13.7 Å². The van der Waals surface area contributed by atoms with Crippen LogP contribution in [0.4, 0.5) is 0 Å². The number of methoxy groups -OCH3 is 1. The molecule has 0 spiro atoms. The van der Waals surface area contributed by atoms with Crippen LogP contribution in [-0.4, -0.2) is 48.2 Å². The molecule has 1 saturated heterocycles. The Hall–Kier alpha value is -0.650. The number of carbonyl (C=O) groups excluding carboxylic acids is 1. The van der Waals surface area contributed by atoms with E-state index in [2.05, 4.69) is 4.74 Å². The lowest BCUT2D eigenvalue weighted by Gasteiger charge is -1.99. The lowest BCUT2D eigenvalue weighted by atomic mass is 10.2. The number of aliphatic hydroxyl groups is 2. The predicted molar refractivity (Wildman–Crippen MR) is 33.8 cm³/mol. The zero-order chi connectivity index (χ0) is 8.43. The molecular weight excluding hydrogens is 152 g/mol. The summed E-state index contributed by atoms with van der Waals surface area (Å²) < 4.78 is 9.08. The van der Waals surface area contributed by atoms with Gasteiger partial charge in [-0.1, -0.05) is 0 Å². The number of hydrogen-bond donors (Lipinski definition) is 2. The van der Waals surface area contributed by atoms with E-state index in [0.717, 1.165) is 0 Å². The molecule has 64 valence electrons. The van der Waals surface area contributed by atoms with E-state index in [9.17, 15) is 4.79 Å². The first-order valence-electron chi connectivity index (χ1n) is 3.23. The minimum absolute atomic E-state index is 0.405. The number of hydrogen-bond acceptors (Lipinski definition) is 5. The van der Waals surface area contributed by atoms with E-state index in [1.54, 1.807) is 0 Å². The number of epoxide rings is 1. The van der Waals surface area contributed by atoms with Crippen molar-refractivity contribution >= 4 is 5.97 Å². The molecule has 3 atom stereocenters. The lowest BCUT2D eigenvalue weighted by molar-refractivity contribution is -0.142. The van der Waals surface area contributed by atoms with Crippen molar-refractivity contribution in [2.45, 2.75) is 18.3 Å². The molecule has 1 fully saturated rings. The van der Waals surface area contributed by atoms with Crippen LogP contribution in [-0.2, 0) is 14.3 Å². The summed E-state index contributed by atoms with van der Waals surface area (Å²) >= 11 is 0. The summed E-state index contributed by atoms with van der Waals surface area (Å²) in [4.78, 5) is 10.7. The summed E-state index contributed by atoms with van der Waals surface area (Å²) in [5, 5.41) is 17.4. The van der Waals surface area contributed by atoms with E-state index in [-0.39, 0.29) is 0 Å². The number of esters is 1. The van der Waals surface area contributed by atoms with Gasteiger partial charge in [-0.2, -0.15) is 0 Å². The first kappa shape index (κ1) is 8.45. The van der Waals surface area contributed by atoms with Crippen LogP contribution in [0.25, 0.3) is 0 Å². The molecule has 0 amide bonds. The molecule has 0 bridgehead atoms. The van der Waals surface area contributed by atoms with E-state index in [0.29, 0.717) is 0 Å². The first-order valence-corrected chi connectivity index (χ1v) is 3.23. The SMILES string of the molecule is COC(=O)[C@@H]1O[C@H]1[C@H](O)CO. The molecule has 0 aromatic heterocycles. The third-order valence-corrected chi connectivity index (χ3v) is 1.53. The van der Waals surface area contributed by atoms with Gasteiger partial charge in [0.25, 0.3) is 0 Å². The Morgan fingerprint density at radius 3 is 2.91 bits per heavy atom. The molecule has 0 aromatic carbocycles. The molecule has 2 N–H and O–H groups in total. The second-order valence-electron chi connectivity index (χ2n) is 2.29. The summed E-state index contributed by atoms with van der Waals surface area (Å²) in [6.45, 7) is -0.405. The van der Waals surface area contributed by atoms with Gasteiger partial charge in [-0.15, -0.1) is 0 Å². The van der Waals surface area contributed by atoms with Gasteiger partial charge in [0.2, 0.25) is 0 Å². The highest BCUT2D eigenvalue weighted by molar-refractivity contribution is 5.77. The zero-order valence-corrected chi connectivity index (χ0v) is 6.06. The largest absolute Gasteiger partial charge is 0.467 e. The zero-order valence-electron chi connectivity index (χ0n) is 6.06. The predicted octanol–water partition coefficient (Wildman–Crippen LogP) is -1.72. The van der Waals surface area contributed by atoms with Crippen LogP contribution in [0.15, 0.2) is 0 Å². The molecule has 0 aromatic rings. The molecule has 1 aliphatic rings. The molecule has 1 heterocycles. The molecule has 0 unspecified atom stereocenters. The molecule has 0 aliphatic carbocycles. The van der Waals surface area contributed by atoms with Crippen molar-refractivity contribution in [1.29, 1.82) is 0 Å². The maximum absolute atomic E-state index is 10.7. The summed E-state index contributed by atoms with van der Waals surface area (Å²) in [6, 6.07) is 0. The molecule has 5 heteroatoms. The van der Waals surface area contributed by atoms with Crippen LogP contribution in [0, 0.1) is 0 Å². The number of rotatable bonds is 3. The third-order valence-electron chi connectivity index (χ3n) is 1.53. The fraction of sp³-hybridized carbons (Fsp3) is 0.833. The fourth-order valence-electron chi connectivity index (χ4n) is 0.826. The van der Waals surface area contributed by atoms with E-state index < -0.39 is 30.9 Å². The summed E-state index contributed by atoms with van der Waals surface area (Å²) in [7, 11) is 1.24. The maximum atomic E-state index is 10.7. The van der Waals surface area contributed by atoms with Crippen LogP contribution >= 0.6 is 0 Å². The number of aliphatic hydroxyl groups excluding tert-OH is 2. The quantitative estimate of drug-likeness (QED) is 0.381. The highest BCUT2D eigenvalue weighted by Crippen LogP contribution is 2.26. The third kappa shape index (κ3) is 1.68. The van der Waals surface area contributed by atoms with Gasteiger partial charge in [-0.3, -0.25) is 0 Å². The molecule has 0 saturated carbocycles. The Kier molecular flexibility index (Phi) is 2.43. The molecule has 5 nitrogen and oxygen atoms in total. The van der Waals surface area contributed by atoms with Gasteiger partial charge in [0, 0.05) is 0 Å². The van der Waals surface area contributed by atoms with Gasteiger partial charge in [-0.05, 0) is 0 Å². The molecular formula is C6H10O5. The van der Waals surface area contributed by atoms with Crippen LogP contribution < -0.4 is 0 Å². The number of carbonyl (C=O) groups is 1. The smallest absolute Gasteiger partial charge is 0.337 e. The van der Waals surface area contributed by atoms with Gasteiger partial charge in [-0.25, -0.2) is 4.79 Å². The summed E-state index contributed by atoms with van der Waals surface area (Å²) in [6.07, 6.45) is -2.27. The number of ether oxygens (including phenoxy) is 2. The molecule has 11 heavy (non-hydrogen) atoms. The van der Waals surface area contributed by atoms with E-state index >= 15 is 0 Å². The maximum Gasteiger partial charge on any atom is 0.337 e. The average Bonchev–Trinajstić information content (AvgIpc) is 2.80. The van der Waals surface area contributed by atoms with Crippen molar-refractivity contribution in [3.05, 3.63) is 0 Å². The highest BCUT2D eigenvalue weighted by atomic mass is 16.6. The van der Waals surface area contributed by atoms with Crippen LogP contribution in [0.5, 0.6) is 0 Å². The summed E-state index contributed by atoms with van der Waals surface area (Å²) in [5.74, 6) is -0.512. The Morgan fingerprint density at radius 2 is 2.45 bits per heavy atom. The second-order valence-corrected chi connectivity index (χ2v) is 2.29. The normalized spacial score (nSPS) is 31.2. The van der Waals surface area contributed by atoms with Crippen molar-refractivity contribution in [2.24, 2.45) is 0 Å². The minimum Gasteiger partial charge on any atom is -0.467 e. The Morgan fingerprint density at radius 1 is 1.82 bits per heavy atom. The second kappa shape index (κ2) is 3.17. The summed E-state index contributed by atoms with van der Waals surface area (Å²) in [5.41, 5.74) is 0. The molecule has 1 rings (SSSR count). The Labute approximate surface area is 63.5 Å². The topological polar surface area (TPSA) is 79.3 Å². The van der Waals surface area contributed by atoms with Crippen LogP contribution in [0.2, 0.25) is 0 Å². The van der Waals surface area contributed by atoms with Crippen molar-refractivity contribution < 1.29 is 24.5 Å². The van der Waals surface area contributed by atoms with Gasteiger partial charge in [0.1, 0.15) is 12.2 Å². The highest BCUT2D eigenvalue weighted by Gasteiger charge is 2.50. The molecule has 1 aliphatic heterocycles. The van der Waals surface area contributed by atoms with Crippen LogP contribution in [0.1, 0.15) is 0 Å². The van der Waals surface area contributed by atoms with Gasteiger partial charge in [0.05, 0.1) is 13.7 Å². The fourth-order valence-corrected chi connectivity index (χ4v) is 0.826. The van der Waals surface area contributed by atoms with Gasteiger partial charge >= 0.3 is 5.97 Å². The minimum atomic E-state index is -0.987. The van der Waals surface area contributed by atoms with Crippen molar-refractivity contribution in [1.82, 2.24) is 0 Å². The Balaban J connectivity index is 2.31. The van der Waals surface area contributed by atoms with Crippen molar-refractivity contribution in [3.63, 3.8) is 0 Å². The average molecular weight is 162 g/mol. The van der Waals surface area contributed by atoms with E-state index in [4.69, 9.17) is 14.9 Å². The van der Waals surface area contributed by atoms with Crippen LogP contribution in [0.3, 0.4) is 0 Å². The lowest BCUT2D eigenvalue weighted by Crippen LogP contribution is -2.24. The molecule has 0 radical (unpaired) electrons. The first-order chi connectivity index (χ1) is 5.20. The van der Waals surface area contributed by atoms with Gasteiger partial charge in [0.15, 0.2) is 6.10 Å². The standard InChI is InChI=1S/C6H10O5/c1-10-6(9)5-4(11-5)3(8)2-7/h3-5,7-8H,2H2,1H3/t3-,4+,5-/m1/s1. The van der Waals surface area contributed by atoms with Gasteiger partial charge < -0.3 is 19.7 Å².